The summed E-state index contributed by atoms with van der Waals surface area (Å²) in [5, 5.41) is 4.84. The SMILES string of the molecule is Cl.c1ccc2c(CCC3CCNCC3)c[nH]c2c1. The molecule has 0 atom stereocenters. The van der Waals surface area contributed by atoms with Gasteiger partial charge in [-0.15, -0.1) is 12.4 Å². The number of H-pyrrole nitrogens is 1. The van der Waals surface area contributed by atoms with Crippen LogP contribution in [0.1, 0.15) is 24.8 Å². The summed E-state index contributed by atoms with van der Waals surface area (Å²) in [5.74, 6) is 0.921. The molecule has 1 aromatic heterocycles. The molecular formula is C15H21ClN2. The summed E-state index contributed by atoms with van der Waals surface area (Å²) in [7, 11) is 0. The largest absolute Gasteiger partial charge is 0.361 e. The maximum Gasteiger partial charge on any atom is 0.0456 e. The highest BCUT2D eigenvalue weighted by atomic mass is 35.5. The van der Waals surface area contributed by atoms with E-state index in [1.54, 1.807) is 0 Å². The zero-order valence-corrected chi connectivity index (χ0v) is 11.4. The number of fused-ring (bicyclic) bond motifs is 1. The minimum absolute atomic E-state index is 0. The second kappa shape index (κ2) is 6.26. The summed E-state index contributed by atoms with van der Waals surface area (Å²) in [4.78, 5) is 3.36. The number of halogens is 1. The minimum atomic E-state index is 0. The fourth-order valence-corrected chi connectivity index (χ4v) is 2.87. The van der Waals surface area contributed by atoms with E-state index in [0.29, 0.717) is 0 Å². The molecule has 1 aliphatic heterocycles. The molecule has 1 fully saturated rings. The molecule has 0 spiro atoms. The predicted octanol–water partition coefficient (Wildman–Crippen LogP) is 3.52. The Morgan fingerprint density at radius 3 is 2.72 bits per heavy atom. The summed E-state index contributed by atoms with van der Waals surface area (Å²) >= 11 is 0. The molecule has 0 aliphatic carbocycles. The average molecular weight is 265 g/mol. The Balaban J connectivity index is 0.00000120. The van der Waals surface area contributed by atoms with Gasteiger partial charge in [-0.05, 0) is 56.3 Å². The van der Waals surface area contributed by atoms with E-state index in [1.807, 2.05) is 0 Å². The van der Waals surface area contributed by atoms with Crippen molar-refractivity contribution >= 4 is 23.3 Å². The molecule has 1 aliphatic rings. The van der Waals surface area contributed by atoms with Gasteiger partial charge in [0, 0.05) is 17.1 Å². The van der Waals surface area contributed by atoms with Crippen LogP contribution >= 0.6 is 12.4 Å². The molecule has 0 saturated carbocycles. The fraction of sp³-hybridized carbons (Fsp3) is 0.467. The number of nitrogens with one attached hydrogen (secondary N) is 2. The Bertz CT molecular complexity index is 486. The highest BCUT2D eigenvalue weighted by molar-refractivity contribution is 5.85. The summed E-state index contributed by atoms with van der Waals surface area (Å²) in [6.07, 6.45) is 7.44. The second-order valence-corrected chi connectivity index (χ2v) is 5.09. The lowest BCUT2D eigenvalue weighted by atomic mass is 9.91. The molecule has 98 valence electrons. The number of hydrogen-bond acceptors (Lipinski definition) is 1. The van der Waals surface area contributed by atoms with Crippen LogP contribution in [-0.4, -0.2) is 18.1 Å². The van der Waals surface area contributed by atoms with Crippen molar-refractivity contribution < 1.29 is 0 Å². The number of para-hydroxylation sites is 1. The Hall–Kier alpha value is -0.990. The van der Waals surface area contributed by atoms with Gasteiger partial charge in [0.15, 0.2) is 0 Å². The summed E-state index contributed by atoms with van der Waals surface area (Å²) in [6.45, 7) is 2.41. The van der Waals surface area contributed by atoms with Crippen LogP contribution in [0.5, 0.6) is 0 Å². The number of hydrogen-bond donors (Lipinski definition) is 2. The summed E-state index contributed by atoms with van der Waals surface area (Å²) < 4.78 is 0. The molecule has 1 saturated heterocycles. The van der Waals surface area contributed by atoms with E-state index in [1.165, 1.54) is 55.2 Å². The highest BCUT2D eigenvalue weighted by Crippen LogP contribution is 2.23. The van der Waals surface area contributed by atoms with Crippen molar-refractivity contribution in [3.63, 3.8) is 0 Å². The molecule has 2 nitrogen and oxygen atoms in total. The summed E-state index contributed by atoms with van der Waals surface area (Å²) in [5.41, 5.74) is 2.76. The normalized spacial score (nSPS) is 16.7. The van der Waals surface area contributed by atoms with Crippen molar-refractivity contribution in [2.24, 2.45) is 5.92 Å². The van der Waals surface area contributed by atoms with Gasteiger partial charge in [0.05, 0.1) is 0 Å². The van der Waals surface area contributed by atoms with Gasteiger partial charge < -0.3 is 10.3 Å². The Kier molecular flexibility index (Phi) is 4.67. The number of aromatic amines is 1. The van der Waals surface area contributed by atoms with E-state index in [4.69, 9.17) is 0 Å². The van der Waals surface area contributed by atoms with E-state index >= 15 is 0 Å². The molecule has 2 N–H and O–H groups in total. The molecule has 0 amide bonds. The van der Waals surface area contributed by atoms with Crippen LogP contribution in [0.3, 0.4) is 0 Å². The Morgan fingerprint density at radius 2 is 1.89 bits per heavy atom. The van der Waals surface area contributed by atoms with Crippen LogP contribution in [-0.2, 0) is 6.42 Å². The van der Waals surface area contributed by atoms with Gasteiger partial charge in [-0.2, -0.15) is 0 Å². The smallest absolute Gasteiger partial charge is 0.0456 e. The lowest BCUT2D eigenvalue weighted by molar-refractivity contribution is 0.354. The average Bonchev–Trinajstić information content (AvgIpc) is 2.81. The van der Waals surface area contributed by atoms with E-state index in [-0.39, 0.29) is 12.4 Å². The lowest BCUT2D eigenvalue weighted by Gasteiger charge is -2.22. The third-order valence-electron chi connectivity index (χ3n) is 3.96. The van der Waals surface area contributed by atoms with Gasteiger partial charge in [0.1, 0.15) is 0 Å². The first-order valence-corrected chi connectivity index (χ1v) is 6.69. The molecule has 2 aromatic rings. The van der Waals surface area contributed by atoms with Gasteiger partial charge in [-0.3, -0.25) is 0 Å². The molecule has 0 bridgehead atoms. The van der Waals surface area contributed by atoms with Crippen LogP contribution in [0.25, 0.3) is 10.9 Å². The molecule has 1 aromatic carbocycles. The third kappa shape index (κ3) is 2.88. The molecule has 0 unspecified atom stereocenters. The van der Waals surface area contributed by atoms with Gasteiger partial charge in [0.2, 0.25) is 0 Å². The van der Waals surface area contributed by atoms with Crippen LogP contribution in [0.4, 0.5) is 0 Å². The standard InChI is InChI=1S/C15H20N2.ClH/c1-2-4-15-14(3-1)13(11-17-15)6-5-12-7-9-16-10-8-12;/h1-4,11-12,16-17H,5-10H2;1H. The topological polar surface area (TPSA) is 27.8 Å². The van der Waals surface area contributed by atoms with Crippen LogP contribution < -0.4 is 5.32 Å². The van der Waals surface area contributed by atoms with E-state index in [2.05, 4.69) is 40.8 Å². The van der Waals surface area contributed by atoms with Gasteiger partial charge in [-0.1, -0.05) is 18.2 Å². The number of rotatable bonds is 3. The maximum atomic E-state index is 3.43. The fourth-order valence-electron chi connectivity index (χ4n) is 2.87. The summed E-state index contributed by atoms with van der Waals surface area (Å²) in [6, 6.07) is 8.60. The molecular weight excluding hydrogens is 244 g/mol. The van der Waals surface area contributed by atoms with Gasteiger partial charge in [0.25, 0.3) is 0 Å². The second-order valence-electron chi connectivity index (χ2n) is 5.09. The third-order valence-corrected chi connectivity index (χ3v) is 3.96. The van der Waals surface area contributed by atoms with Crippen molar-refractivity contribution in [1.29, 1.82) is 0 Å². The minimum Gasteiger partial charge on any atom is -0.361 e. The van der Waals surface area contributed by atoms with Gasteiger partial charge in [-0.25, -0.2) is 0 Å². The van der Waals surface area contributed by atoms with Crippen molar-refractivity contribution in [1.82, 2.24) is 10.3 Å². The Labute approximate surface area is 115 Å². The van der Waals surface area contributed by atoms with Crippen molar-refractivity contribution in [3.05, 3.63) is 36.0 Å². The zero-order valence-electron chi connectivity index (χ0n) is 10.6. The van der Waals surface area contributed by atoms with Crippen molar-refractivity contribution in [2.75, 3.05) is 13.1 Å². The van der Waals surface area contributed by atoms with E-state index in [9.17, 15) is 0 Å². The zero-order chi connectivity index (χ0) is 11.5. The molecule has 3 heteroatoms. The Morgan fingerprint density at radius 1 is 1.11 bits per heavy atom. The first-order valence-electron chi connectivity index (χ1n) is 6.69. The predicted molar refractivity (Wildman–Crippen MR) is 79.5 cm³/mol. The first kappa shape index (κ1) is 13.4. The number of benzene rings is 1. The number of aromatic nitrogens is 1. The first-order chi connectivity index (χ1) is 8.43. The highest BCUT2D eigenvalue weighted by Gasteiger charge is 2.13. The number of piperidine rings is 1. The molecule has 3 rings (SSSR count). The van der Waals surface area contributed by atoms with Crippen molar-refractivity contribution in [3.8, 4) is 0 Å². The van der Waals surface area contributed by atoms with Crippen LogP contribution in [0.2, 0.25) is 0 Å². The molecule has 0 radical (unpaired) electrons. The van der Waals surface area contributed by atoms with E-state index < -0.39 is 0 Å². The maximum absolute atomic E-state index is 3.43. The van der Waals surface area contributed by atoms with Crippen molar-refractivity contribution in [2.45, 2.75) is 25.7 Å². The number of aryl methyl sites for hydroxylation is 1. The monoisotopic (exact) mass is 264 g/mol. The van der Waals surface area contributed by atoms with Gasteiger partial charge >= 0.3 is 0 Å². The van der Waals surface area contributed by atoms with E-state index in [0.717, 1.165) is 5.92 Å². The quantitative estimate of drug-likeness (QED) is 0.872. The van der Waals surface area contributed by atoms with Crippen LogP contribution in [0, 0.1) is 5.92 Å². The lowest BCUT2D eigenvalue weighted by Crippen LogP contribution is -2.27. The molecule has 2 heterocycles. The molecule has 18 heavy (non-hydrogen) atoms. The van der Waals surface area contributed by atoms with Crippen LogP contribution in [0.15, 0.2) is 30.5 Å².